The van der Waals surface area contributed by atoms with E-state index in [1.54, 1.807) is 12.4 Å². The number of hydrogen-bond donors (Lipinski definition) is 0. The first-order chi connectivity index (χ1) is 5.47. The summed E-state index contributed by atoms with van der Waals surface area (Å²) in [5.41, 5.74) is 0. The van der Waals surface area contributed by atoms with Crippen molar-refractivity contribution in [3.8, 4) is 0 Å². The molecule has 0 bridgehead atoms. The number of para-hydroxylation sites is 1. The highest BCUT2D eigenvalue weighted by Gasteiger charge is 1.83. The average molecular weight is 142 g/mol. The van der Waals surface area contributed by atoms with Crippen LogP contribution in [0.25, 0.3) is 0 Å². The van der Waals surface area contributed by atoms with Crippen LogP contribution in [-0.2, 0) is 0 Å². The van der Waals surface area contributed by atoms with Gasteiger partial charge in [0.05, 0.1) is 16.8 Å². The molecule has 0 fully saturated rings. The van der Waals surface area contributed by atoms with Gasteiger partial charge in [0.15, 0.2) is 0 Å². The fraction of sp³-hybridized carbons (Fsp3) is 0. The Morgan fingerprint density at radius 1 is 1.09 bits per heavy atom. The Morgan fingerprint density at radius 2 is 2.00 bits per heavy atom. The molecule has 0 saturated carbocycles. The van der Waals surface area contributed by atoms with Crippen LogP contribution in [0.1, 0.15) is 0 Å². The van der Waals surface area contributed by atoms with Gasteiger partial charge in [-0.05, 0) is 18.0 Å². The molecule has 0 atom stereocenters. The Morgan fingerprint density at radius 3 is 3.00 bits per heavy atom. The van der Waals surface area contributed by atoms with Crippen molar-refractivity contribution in [2.75, 3.05) is 0 Å². The molecule has 1 heterocycles. The zero-order valence-electron chi connectivity index (χ0n) is 5.86. The smallest absolute Gasteiger partial charge is 0.0796 e. The summed E-state index contributed by atoms with van der Waals surface area (Å²) in [6.07, 6.45) is 3.29. The summed E-state index contributed by atoms with van der Waals surface area (Å²) in [7, 11) is 0. The molecular weight excluding hydrogens is 136 g/mol. The summed E-state index contributed by atoms with van der Waals surface area (Å²) in [5, 5.41) is 1.86. The van der Waals surface area contributed by atoms with E-state index < -0.39 is 0 Å². The zero-order chi connectivity index (χ0) is 7.52. The second-order valence-corrected chi connectivity index (χ2v) is 2.19. The maximum atomic E-state index is 4.15. The van der Waals surface area contributed by atoms with Crippen LogP contribution in [0.2, 0.25) is 0 Å². The van der Waals surface area contributed by atoms with Crippen molar-refractivity contribution in [3.63, 3.8) is 0 Å². The van der Waals surface area contributed by atoms with Gasteiger partial charge in [-0.2, -0.15) is 0 Å². The van der Waals surface area contributed by atoms with Crippen LogP contribution in [0, 0.1) is 0 Å². The minimum absolute atomic E-state index is 0.921. The lowest BCUT2D eigenvalue weighted by Gasteiger charge is -1.80. The molecule has 0 radical (unpaired) electrons. The van der Waals surface area contributed by atoms with Crippen LogP contribution in [0.3, 0.4) is 0 Å². The van der Waals surface area contributed by atoms with Crippen molar-refractivity contribution in [1.82, 2.24) is 0 Å². The SMILES string of the molecule is C1=NC=CN=c2ccccc2=1. The van der Waals surface area contributed by atoms with Crippen molar-refractivity contribution < 1.29 is 0 Å². The van der Waals surface area contributed by atoms with Gasteiger partial charge in [0.2, 0.25) is 0 Å². The molecule has 11 heavy (non-hydrogen) atoms. The van der Waals surface area contributed by atoms with E-state index in [1.165, 1.54) is 0 Å². The number of rotatable bonds is 0. The van der Waals surface area contributed by atoms with Gasteiger partial charge in [0, 0.05) is 6.20 Å². The van der Waals surface area contributed by atoms with Gasteiger partial charge in [-0.1, -0.05) is 12.1 Å². The molecule has 0 aliphatic carbocycles. The van der Waals surface area contributed by atoms with Gasteiger partial charge >= 0.3 is 0 Å². The number of hydrogen-bond acceptors (Lipinski definition) is 2. The van der Waals surface area contributed by atoms with Gasteiger partial charge in [0.1, 0.15) is 0 Å². The van der Waals surface area contributed by atoms with Crippen molar-refractivity contribution in [1.29, 1.82) is 0 Å². The van der Waals surface area contributed by atoms with Crippen LogP contribution in [-0.4, -0.2) is 5.87 Å². The van der Waals surface area contributed by atoms with E-state index in [1.807, 2.05) is 24.3 Å². The molecule has 0 saturated heterocycles. The van der Waals surface area contributed by atoms with E-state index in [4.69, 9.17) is 0 Å². The Labute approximate surface area is 63.9 Å². The average Bonchev–Trinajstić information content (AvgIpc) is 2.28. The third kappa shape index (κ3) is 1.11. The quantitative estimate of drug-likeness (QED) is 0.492. The highest BCUT2D eigenvalue weighted by Crippen LogP contribution is 1.76. The lowest BCUT2D eigenvalue weighted by Crippen LogP contribution is -2.24. The van der Waals surface area contributed by atoms with Gasteiger partial charge in [-0.3, -0.25) is 4.99 Å². The van der Waals surface area contributed by atoms with Crippen molar-refractivity contribution in [2.24, 2.45) is 9.98 Å². The lowest BCUT2D eigenvalue weighted by atomic mass is 10.3. The van der Waals surface area contributed by atoms with E-state index in [0.29, 0.717) is 0 Å². The third-order valence-electron chi connectivity index (χ3n) is 1.44. The molecule has 1 aliphatic rings. The number of benzene rings is 1. The van der Waals surface area contributed by atoms with Crippen LogP contribution in [0.15, 0.2) is 46.7 Å². The summed E-state index contributed by atoms with van der Waals surface area (Å²) >= 11 is 0. The van der Waals surface area contributed by atoms with Gasteiger partial charge in [0.25, 0.3) is 0 Å². The fourth-order valence-corrected chi connectivity index (χ4v) is 0.935. The second-order valence-electron chi connectivity index (χ2n) is 2.19. The molecule has 1 aromatic carbocycles. The molecule has 0 amide bonds. The highest BCUT2D eigenvalue weighted by atomic mass is 14.7. The second kappa shape index (κ2) is 2.52. The summed E-state index contributed by atoms with van der Waals surface area (Å²) in [5.74, 6) is 2.87. The first kappa shape index (κ1) is 6.08. The van der Waals surface area contributed by atoms with E-state index in [-0.39, 0.29) is 0 Å². The predicted molar refractivity (Wildman–Crippen MR) is 42.9 cm³/mol. The number of nitrogens with zero attached hydrogens (tertiary/aromatic N) is 2. The molecule has 1 aromatic rings. The maximum Gasteiger partial charge on any atom is 0.0796 e. The molecule has 2 heteroatoms. The molecule has 52 valence electrons. The standard InChI is InChI=1S/C9H6N2/c1-2-4-9-8(3-1)7-10-5-6-11-9/h1-6H. The minimum atomic E-state index is 0.921. The largest absolute Gasteiger partial charge is 0.254 e. The first-order valence-corrected chi connectivity index (χ1v) is 3.37. The molecule has 1 aliphatic heterocycles. The minimum Gasteiger partial charge on any atom is -0.254 e. The maximum absolute atomic E-state index is 4.15. The van der Waals surface area contributed by atoms with Crippen LogP contribution >= 0.6 is 0 Å². The normalized spacial score (nSPS) is 12.7. The Bertz CT molecular complexity index is 437. The molecule has 2 nitrogen and oxygen atoms in total. The monoisotopic (exact) mass is 142 g/mol. The molecule has 0 spiro atoms. The molecule has 0 N–H and O–H groups in total. The summed E-state index contributed by atoms with van der Waals surface area (Å²) in [6, 6.07) is 7.77. The van der Waals surface area contributed by atoms with E-state index in [9.17, 15) is 0 Å². The van der Waals surface area contributed by atoms with Crippen LogP contribution in [0.4, 0.5) is 0 Å². The van der Waals surface area contributed by atoms with Gasteiger partial charge < -0.3 is 0 Å². The van der Waals surface area contributed by atoms with E-state index >= 15 is 0 Å². The first-order valence-electron chi connectivity index (χ1n) is 3.37. The molecule has 0 unspecified atom stereocenters. The van der Waals surface area contributed by atoms with Crippen molar-refractivity contribution >= 4 is 5.87 Å². The topological polar surface area (TPSA) is 24.7 Å². The van der Waals surface area contributed by atoms with E-state index in [2.05, 4.69) is 15.9 Å². The number of aliphatic imine (C=N–C) groups is 1. The summed E-state index contributed by atoms with van der Waals surface area (Å²) in [6.45, 7) is 0. The summed E-state index contributed by atoms with van der Waals surface area (Å²) in [4.78, 5) is 8.04. The molecule has 0 aromatic heterocycles. The lowest BCUT2D eigenvalue weighted by molar-refractivity contribution is 1.31. The Hall–Kier alpha value is -1.66. The van der Waals surface area contributed by atoms with Crippen LogP contribution < -0.4 is 10.6 Å². The van der Waals surface area contributed by atoms with E-state index in [0.717, 1.165) is 10.6 Å². The predicted octanol–water partition coefficient (Wildman–Crippen LogP) is 0.132. The highest BCUT2D eigenvalue weighted by molar-refractivity contribution is 5.52. The Balaban J connectivity index is 2.99. The number of fused-ring (bicyclic) bond motifs is 1. The van der Waals surface area contributed by atoms with Gasteiger partial charge in [-0.25, -0.2) is 4.99 Å². The summed E-state index contributed by atoms with van der Waals surface area (Å²) < 4.78 is 0. The fourth-order valence-electron chi connectivity index (χ4n) is 0.935. The zero-order valence-corrected chi connectivity index (χ0v) is 5.86. The Kier molecular flexibility index (Phi) is 1.39. The van der Waals surface area contributed by atoms with Crippen molar-refractivity contribution in [3.05, 3.63) is 47.2 Å². The molecular formula is C9H6N2. The molecule has 2 rings (SSSR count). The van der Waals surface area contributed by atoms with Crippen molar-refractivity contribution in [2.45, 2.75) is 0 Å². The van der Waals surface area contributed by atoms with Gasteiger partial charge in [-0.15, -0.1) is 0 Å². The third-order valence-corrected chi connectivity index (χ3v) is 1.44. The van der Waals surface area contributed by atoms with Crippen LogP contribution in [0.5, 0.6) is 0 Å².